The van der Waals surface area contributed by atoms with E-state index in [4.69, 9.17) is 0 Å². The minimum absolute atomic E-state index is 1.03. The highest BCUT2D eigenvalue weighted by Crippen LogP contribution is 2.00. The lowest BCUT2D eigenvalue weighted by atomic mass is 10.1. The van der Waals surface area contributed by atoms with Crippen molar-refractivity contribution in [3.63, 3.8) is 0 Å². The summed E-state index contributed by atoms with van der Waals surface area (Å²) in [7, 11) is 0. The number of hydrogen-bond acceptors (Lipinski definition) is 2. The van der Waals surface area contributed by atoms with Crippen LogP contribution in [0, 0.1) is 0 Å². The first-order chi connectivity index (χ1) is 6.93. The fourth-order valence-corrected chi connectivity index (χ4v) is 1.72. The van der Waals surface area contributed by atoms with Gasteiger partial charge >= 0.3 is 0 Å². The second-order valence-electron chi connectivity index (χ2n) is 3.12. The number of hydrogen-bond donors (Lipinski definition) is 0. The molecule has 2 rings (SSSR count). The van der Waals surface area contributed by atoms with E-state index in [-0.39, 0.29) is 0 Å². The number of benzene rings is 1. The highest BCUT2D eigenvalue weighted by Gasteiger charge is 1.86. The van der Waals surface area contributed by atoms with Gasteiger partial charge in [-0.2, -0.15) is 0 Å². The van der Waals surface area contributed by atoms with Crippen LogP contribution in [-0.4, -0.2) is 17.8 Å². The number of aliphatic imine (C=N–C) groups is 1. The zero-order valence-corrected chi connectivity index (χ0v) is 9.46. The molecule has 0 amide bonds. The number of aryl methyl sites for hydroxylation is 1. The molecule has 0 spiro atoms. The van der Waals surface area contributed by atoms with E-state index in [9.17, 15) is 0 Å². The van der Waals surface area contributed by atoms with Crippen LogP contribution < -0.4 is 0 Å². The van der Waals surface area contributed by atoms with Crippen LogP contribution in [0.5, 0.6) is 0 Å². The summed E-state index contributed by atoms with van der Waals surface area (Å²) in [5.41, 5.74) is 3.35. The van der Waals surface area contributed by atoms with Crippen LogP contribution in [0.15, 0.2) is 35.3 Å². The molecular weight excluding hydrogens is 190 g/mol. The van der Waals surface area contributed by atoms with Crippen molar-refractivity contribution in [2.75, 3.05) is 12.3 Å². The van der Waals surface area contributed by atoms with Crippen LogP contribution in [0.25, 0.3) is 0 Å². The normalized spacial score (nSPS) is 13.5. The lowest BCUT2D eigenvalue weighted by molar-refractivity contribution is 0.922. The molecule has 1 nitrogen and oxygen atoms in total. The molecule has 1 heterocycles. The highest BCUT2D eigenvalue weighted by molar-refractivity contribution is 8.12. The van der Waals surface area contributed by atoms with Crippen LogP contribution in [0.2, 0.25) is 0 Å². The van der Waals surface area contributed by atoms with Gasteiger partial charge in [-0.15, -0.1) is 11.8 Å². The van der Waals surface area contributed by atoms with Crippen molar-refractivity contribution in [1.82, 2.24) is 0 Å². The molecule has 1 aliphatic rings. The average molecular weight is 207 g/mol. The summed E-state index contributed by atoms with van der Waals surface area (Å²) in [6.45, 7) is 3.23. The number of rotatable bonds is 2. The summed E-state index contributed by atoms with van der Waals surface area (Å²) in [5.74, 6) is 1.19. The summed E-state index contributed by atoms with van der Waals surface area (Å²) in [5, 5.41) is 0. The maximum atomic E-state index is 3.92. The molecule has 0 bridgehead atoms. The molecule has 0 aliphatic carbocycles. The molecule has 0 fully saturated rings. The molecule has 76 valence electrons. The predicted molar refractivity (Wildman–Crippen MR) is 66.3 cm³/mol. The monoisotopic (exact) mass is 207 g/mol. The maximum absolute atomic E-state index is 3.92. The third-order valence-corrected chi connectivity index (χ3v) is 2.59. The van der Waals surface area contributed by atoms with Crippen LogP contribution in [-0.2, 0) is 6.42 Å². The van der Waals surface area contributed by atoms with E-state index < -0.39 is 0 Å². The van der Waals surface area contributed by atoms with Gasteiger partial charge in [-0.3, -0.25) is 4.99 Å². The third kappa shape index (κ3) is 5.07. The standard InChI is InChI=1S/C9H12.C3H5NS/c1-2-6-9-7-4-3-5-8-9;1-2-5-3-4-1/h3-5,7-8H,2,6H2,1H3;3H,1-2H2. The van der Waals surface area contributed by atoms with Crippen molar-refractivity contribution in [3.05, 3.63) is 35.9 Å². The minimum Gasteiger partial charge on any atom is -0.285 e. The number of nitrogens with zero attached hydrogens (tertiary/aromatic N) is 1. The van der Waals surface area contributed by atoms with E-state index in [1.807, 2.05) is 5.55 Å². The van der Waals surface area contributed by atoms with Crippen LogP contribution >= 0.6 is 11.8 Å². The number of thioether (sulfide) groups is 1. The zero-order valence-electron chi connectivity index (χ0n) is 8.65. The van der Waals surface area contributed by atoms with E-state index in [2.05, 4.69) is 42.2 Å². The fourth-order valence-electron chi connectivity index (χ4n) is 1.20. The first kappa shape index (κ1) is 11.3. The van der Waals surface area contributed by atoms with E-state index in [1.54, 1.807) is 11.8 Å². The maximum Gasteiger partial charge on any atom is 0.0542 e. The largest absolute Gasteiger partial charge is 0.285 e. The van der Waals surface area contributed by atoms with Gasteiger partial charge in [-0.1, -0.05) is 43.7 Å². The predicted octanol–water partition coefficient (Wildman–Crippen LogP) is 3.40. The van der Waals surface area contributed by atoms with Crippen molar-refractivity contribution < 1.29 is 0 Å². The van der Waals surface area contributed by atoms with Gasteiger partial charge in [-0.05, 0) is 12.0 Å². The van der Waals surface area contributed by atoms with Gasteiger partial charge in [0.25, 0.3) is 0 Å². The van der Waals surface area contributed by atoms with E-state index in [1.165, 1.54) is 24.2 Å². The van der Waals surface area contributed by atoms with Crippen molar-refractivity contribution in [2.24, 2.45) is 4.99 Å². The molecule has 0 unspecified atom stereocenters. The Morgan fingerprint density at radius 3 is 2.50 bits per heavy atom. The Kier molecular flexibility index (Phi) is 6.16. The molecule has 0 saturated carbocycles. The van der Waals surface area contributed by atoms with Crippen molar-refractivity contribution in [1.29, 1.82) is 0 Å². The summed E-state index contributed by atoms with van der Waals surface area (Å²) >= 11 is 1.78. The average Bonchev–Trinajstić information content (AvgIpc) is 2.78. The molecule has 2 heteroatoms. The molecular formula is C12H17NS. The molecule has 0 radical (unpaired) electrons. The second kappa shape index (κ2) is 7.63. The summed E-state index contributed by atoms with van der Waals surface area (Å²) < 4.78 is 0. The molecule has 0 saturated heterocycles. The van der Waals surface area contributed by atoms with Crippen molar-refractivity contribution in [2.45, 2.75) is 19.8 Å². The topological polar surface area (TPSA) is 12.4 Å². The molecule has 14 heavy (non-hydrogen) atoms. The summed E-state index contributed by atoms with van der Waals surface area (Å²) in [4.78, 5) is 3.92. The smallest absolute Gasteiger partial charge is 0.0542 e. The van der Waals surface area contributed by atoms with Gasteiger partial charge in [0.15, 0.2) is 0 Å². The van der Waals surface area contributed by atoms with Gasteiger partial charge in [0.2, 0.25) is 0 Å². The Morgan fingerprint density at radius 1 is 1.29 bits per heavy atom. The van der Waals surface area contributed by atoms with Crippen molar-refractivity contribution >= 4 is 17.3 Å². The molecule has 1 aliphatic heterocycles. The van der Waals surface area contributed by atoms with Gasteiger partial charge in [0.05, 0.1) is 5.55 Å². The second-order valence-corrected chi connectivity index (χ2v) is 4.07. The van der Waals surface area contributed by atoms with Gasteiger partial charge in [0, 0.05) is 12.3 Å². The minimum atomic E-state index is 1.03. The molecule has 1 aromatic carbocycles. The van der Waals surface area contributed by atoms with Gasteiger partial charge in [-0.25, -0.2) is 0 Å². The van der Waals surface area contributed by atoms with E-state index in [0.29, 0.717) is 0 Å². The SMILES string of the molecule is C1=NCCS1.CCCc1ccccc1. The molecule has 0 N–H and O–H groups in total. The summed E-state index contributed by atoms with van der Waals surface area (Å²) in [6, 6.07) is 10.6. The van der Waals surface area contributed by atoms with E-state index in [0.717, 1.165) is 6.54 Å². The van der Waals surface area contributed by atoms with Crippen LogP contribution in [0.4, 0.5) is 0 Å². The lowest BCUT2D eigenvalue weighted by Gasteiger charge is -1.93. The summed E-state index contributed by atoms with van der Waals surface area (Å²) in [6.07, 6.45) is 2.45. The quantitative estimate of drug-likeness (QED) is 0.724. The fraction of sp³-hybridized carbons (Fsp3) is 0.417. The Hall–Kier alpha value is -0.760. The Morgan fingerprint density at radius 2 is 2.07 bits per heavy atom. The Balaban J connectivity index is 0.000000165. The van der Waals surface area contributed by atoms with Crippen LogP contribution in [0.3, 0.4) is 0 Å². The Labute approximate surface area is 90.6 Å². The zero-order chi connectivity index (χ0) is 10.1. The van der Waals surface area contributed by atoms with Crippen LogP contribution in [0.1, 0.15) is 18.9 Å². The van der Waals surface area contributed by atoms with E-state index >= 15 is 0 Å². The van der Waals surface area contributed by atoms with Crippen molar-refractivity contribution in [3.8, 4) is 0 Å². The lowest BCUT2D eigenvalue weighted by Crippen LogP contribution is -1.78. The van der Waals surface area contributed by atoms with Gasteiger partial charge < -0.3 is 0 Å². The Bertz CT molecular complexity index is 250. The molecule has 0 atom stereocenters. The molecule has 1 aromatic rings. The van der Waals surface area contributed by atoms with Gasteiger partial charge in [0.1, 0.15) is 0 Å². The molecule has 0 aromatic heterocycles. The highest BCUT2D eigenvalue weighted by atomic mass is 32.2. The first-order valence-electron chi connectivity index (χ1n) is 5.07. The first-order valence-corrected chi connectivity index (χ1v) is 6.12. The third-order valence-electron chi connectivity index (χ3n) is 1.87.